The van der Waals surface area contributed by atoms with Crippen molar-refractivity contribution in [2.24, 2.45) is 0 Å². The molecule has 8 heteroatoms. The maximum Gasteiger partial charge on any atom is 0.164 e. The number of benzene rings is 19. The highest BCUT2D eigenvalue weighted by atomic mass is 16.3. The molecule has 0 aliphatic heterocycles. The van der Waals surface area contributed by atoms with Crippen LogP contribution in [0.3, 0.4) is 0 Å². The van der Waals surface area contributed by atoms with Gasteiger partial charge in [0.15, 0.2) is 34.9 Å². The van der Waals surface area contributed by atoms with Gasteiger partial charge in [0.1, 0.15) is 22.3 Å². The number of rotatable bonds is 12. The lowest BCUT2D eigenvalue weighted by Gasteiger charge is -2.14. The summed E-state index contributed by atoms with van der Waals surface area (Å²) in [6.45, 7) is 0. The molecule has 0 atom stereocenters. The summed E-state index contributed by atoms with van der Waals surface area (Å²) >= 11 is 0. The highest BCUT2D eigenvalue weighted by molar-refractivity contribution is 6.28. The van der Waals surface area contributed by atoms with Gasteiger partial charge in [-0.1, -0.05) is 322 Å². The van der Waals surface area contributed by atoms with E-state index >= 15 is 0 Å². The Bertz CT molecular complexity index is 7770. The van der Waals surface area contributed by atoms with Crippen molar-refractivity contribution >= 4 is 109 Å². The minimum Gasteiger partial charge on any atom is -0.456 e. The topological polar surface area (TPSA) is 104 Å². The standard InChI is InChI=1S/C108H64N6O2/c1-5-21-68(22-6-1)103-109-104(69-23-7-2-8-24-69)112-107(111-103)72-45-43-67(44-46-72)91-63-80(64-100-102(91)96-61-74(50-55-98(96)116-100)66-41-39-65(40-42-66)73-47-52-88-84-33-14-13-31-82(84)83-32-15-17-35-86(83)92(88)58-73)77-49-54-90-93(60-77)87-36-18-16-34-85(87)89-53-48-75(59-94(89)90)76-51-56-97-95(62-76)101-81(37-20-38-99(101)115-97)78-29-19-30-79(57-78)108-113-105(70-25-9-3-10-26-70)110-106(114-108)71-27-11-4-12-28-71/h1-64H. The molecule has 4 heterocycles. The molecule has 0 amide bonds. The van der Waals surface area contributed by atoms with Crippen LogP contribution in [0.5, 0.6) is 0 Å². The molecular formula is C108H64N6O2. The first-order valence-electron chi connectivity index (χ1n) is 39.2. The van der Waals surface area contributed by atoms with Crippen LogP contribution in [0.25, 0.3) is 244 Å². The third-order valence-corrected chi connectivity index (χ3v) is 23.1. The van der Waals surface area contributed by atoms with Crippen molar-refractivity contribution in [3.63, 3.8) is 0 Å². The quantitative estimate of drug-likeness (QED) is 0.111. The van der Waals surface area contributed by atoms with E-state index < -0.39 is 0 Å². The van der Waals surface area contributed by atoms with E-state index in [0.29, 0.717) is 34.9 Å². The van der Waals surface area contributed by atoms with Gasteiger partial charge in [-0.05, 0) is 198 Å². The number of fused-ring (bicyclic) bond motifs is 18. The number of aromatic nitrogens is 6. The molecule has 23 aromatic rings. The van der Waals surface area contributed by atoms with E-state index in [1.807, 2.05) is 121 Å². The van der Waals surface area contributed by atoms with Crippen LogP contribution in [-0.2, 0) is 0 Å². The summed E-state index contributed by atoms with van der Waals surface area (Å²) < 4.78 is 13.8. The van der Waals surface area contributed by atoms with Gasteiger partial charge in [0.05, 0.1) is 0 Å². The summed E-state index contributed by atoms with van der Waals surface area (Å²) in [5, 5.41) is 18.8. The number of furan rings is 2. The molecule has 116 heavy (non-hydrogen) atoms. The normalized spacial score (nSPS) is 11.8. The first-order chi connectivity index (χ1) is 57.4. The molecule has 0 bridgehead atoms. The molecule has 0 aliphatic rings. The largest absolute Gasteiger partial charge is 0.456 e. The molecule has 0 saturated carbocycles. The molecule has 0 aliphatic carbocycles. The van der Waals surface area contributed by atoms with Gasteiger partial charge >= 0.3 is 0 Å². The van der Waals surface area contributed by atoms with Gasteiger partial charge in [0.25, 0.3) is 0 Å². The minimum atomic E-state index is 0.591. The fraction of sp³-hybridized carbons (Fsp3) is 0. The first kappa shape index (κ1) is 66.2. The Morgan fingerprint density at radius 2 is 0.414 bits per heavy atom. The Hall–Kier alpha value is -15.6. The summed E-state index contributed by atoms with van der Waals surface area (Å²) in [4.78, 5) is 30.4. The second-order valence-electron chi connectivity index (χ2n) is 29.9. The highest BCUT2D eigenvalue weighted by Crippen LogP contribution is 2.47. The molecule has 0 N–H and O–H groups in total. The lowest BCUT2D eigenvalue weighted by Crippen LogP contribution is -2.00. The zero-order valence-corrected chi connectivity index (χ0v) is 62.5. The summed E-state index contributed by atoms with van der Waals surface area (Å²) in [5.41, 5.74) is 21.7. The van der Waals surface area contributed by atoms with Crippen molar-refractivity contribution in [1.82, 2.24) is 29.9 Å². The average molecular weight is 1480 g/mol. The van der Waals surface area contributed by atoms with E-state index in [2.05, 4.69) is 267 Å². The predicted molar refractivity (Wildman–Crippen MR) is 478 cm³/mol. The van der Waals surface area contributed by atoms with Crippen LogP contribution in [0.2, 0.25) is 0 Å². The van der Waals surface area contributed by atoms with E-state index in [1.54, 1.807) is 0 Å². The lowest BCUT2D eigenvalue weighted by atomic mass is 9.89. The predicted octanol–water partition coefficient (Wildman–Crippen LogP) is 28.8. The van der Waals surface area contributed by atoms with Gasteiger partial charge in [-0.15, -0.1) is 0 Å². The fourth-order valence-corrected chi connectivity index (χ4v) is 17.5. The molecule has 0 unspecified atom stereocenters. The van der Waals surface area contributed by atoms with E-state index in [9.17, 15) is 0 Å². The molecule has 0 fully saturated rings. The van der Waals surface area contributed by atoms with Gasteiger partial charge in [0, 0.05) is 54.9 Å². The van der Waals surface area contributed by atoms with Crippen molar-refractivity contribution in [3.8, 4) is 135 Å². The molecular weight excluding hydrogens is 1410 g/mol. The van der Waals surface area contributed by atoms with Gasteiger partial charge in [-0.2, -0.15) is 0 Å². The second kappa shape index (κ2) is 27.1. The Labute approximate surface area is 666 Å². The van der Waals surface area contributed by atoms with Crippen molar-refractivity contribution in [2.45, 2.75) is 0 Å². The van der Waals surface area contributed by atoms with Crippen LogP contribution in [0.1, 0.15) is 0 Å². The number of nitrogens with zero attached hydrogens (tertiary/aromatic N) is 6. The minimum absolute atomic E-state index is 0.591. The first-order valence-corrected chi connectivity index (χ1v) is 39.2. The summed E-state index contributed by atoms with van der Waals surface area (Å²) in [7, 11) is 0. The van der Waals surface area contributed by atoms with Crippen LogP contribution in [0, 0.1) is 0 Å². The molecule has 0 saturated heterocycles. The fourth-order valence-electron chi connectivity index (χ4n) is 17.5. The Morgan fingerprint density at radius 1 is 0.129 bits per heavy atom. The summed E-state index contributed by atoms with van der Waals surface area (Å²) in [6.07, 6.45) is 0. The van der Waals surface area contributed by atoms with Crippen LogP contribution < -0.4 is 0 Å². The zero-order valence-electron chi connectivity index (χ0n) is 62.5. The van der Waals surface area contributed by atoms with Crippen LogP contribution >= 0.6 is 0 Å². The average Bonchev–Trinajstić information content (AvgIpc) is 1.08. The lowest BCUT2D eigenvalue weighted by molar-refractivity contribution is 0.668. The Morgan fingerprint density at radius 3 is 0.853 bits per heavy atom. The van der Waals surface area contributed by atoms with Crippen molar-refractivity contribution < 1.29 is 8.83 Å². The highest BCUT2D eigenvalue weighted by Gasteiger charge is 2.23. The molecule has 19 aromatic carbocycles. The molecule has 0 spiro atoms. The second-order valence-corrected chi connectivity index (χ2v) is 29.9. The summed E-state index contributed by atoms with van der Waals surface area (Å²) in [6, 6.07) is 138. The van der Waals surface area contributed by atoms with Crippen LogP contribution in [0.4, 0.5) is 0 Å². The Balaban J connectivity index is 0.633. The molecule has 4 aromatic heterocycles. The van der Waals surface area contributed by atoms with Crippen LogP contribution in [0.15, 0.2) is 397 Å². The van der Waals surface area contributed by atoms with Crippen molar-refractivity contribution in [2.75, 3.05) is 0 Å². The maximum absolute atomic E-state index is 7.10. The van der Waals surface area contributed by atoms with Gasteiger partial charge < -0.3 is 8.83 Å². The smallest absolute Gasteiger partial charge is 0.164 e. The van der Waals surface area contributed by atoms with E-state index in [-0.39, 0.29) is 0 Å². The van der Waals surface area contributed by atoms with E-state index in [1.165, 1.54) is 59.4 Å². The molecule has 0 radical (unpaired) electrons. The van der Waals surface area contributed by atoms with E-state index in [0.717, 1.165) is 149 Å². The zero-order chi connectivity index (χ0) is 76.3. The third-order valence-electron chi connectivity index (χ3n) is 23.1. The van der Waals surface area contributed by atoms with Gasteiger partial charge in [0.2, 0.25) is 0 Å². The van der Waals surface area contributed by atoms with Crippen LogP contribution in [-0.4, -0.2) is 29.9 Å². The maximum atomic E-state index is 7.10. The van der Waals surface area contributed by atoms with Gasteiger partial charge in [-0.3, -0.25) is 0 Å². The molecule has 538 valence electrons. The SMILES string of the molecule is c1ccc(-c2nc(-c3ccccc3)nc(-c3ccc(-c4cc(-c5ccc6c(c5)c5ccccc5c5ccc(-c7ccc8oc9cccc(-c%10cccc(-c%11nc(-c%12ccccc%12)nc(-c%12ccccc%12)n%11)c%10)c9c8c7)cc56)cc5oc6ccc(-c7ccc(-c8ccc9c%10ccccc%10c%10ccccc%10c9c8)cc7)cc6c45)cc3)n2)cc1. The number of hydrogen-bond acceptors (Lipinski definition) is 8. The monoisotopic (exact) mass is 1480 g/mol. The molecule has 8 nitrogen and oxygen atoms in total. The van der Waals surface area contributed by atoms with Crippen molar-refractivity contribution in [1.29, 1.82) is 0 Å². The molecule has 23 rings (SSSR count). The van der Waals surface area contributed by atoms with Crippen molar-refractivity contribution in [3.05, 3.63) is 388 Å². The Kier molecular flexibility index (Phi) is 15.5. The van der Waals surface area contributed by atoms with E-state index in [4.69, 9.17) is 38.7 Å². The third kappa shape index (κ3) is 11.4. The summed E-state index contributed by atoms with van der Waals surface area (Å²) in [5.74, 6) is 3.65. The van der Waals surface area contributed by atoms with Gasteiger partial charge in [-0.25, -0.2) is 29.9 Å². The number of hydrogen-bond donors (Lipinski definition) is 0.